The van der Waals surface area contributed by atoms with Gasteiger partial charge in [-0.1, -0.05) is 11.6 Å². The molecule has 100 valence electrons. The Kier molecular flexibility index (Phi) is 4.49. The van der Waals surface area contributed by atoms with Gasteiger partial charge >= 0.3 is 0 Å². The fraction of sp³-hybridized carbons (Fsp3) is 0.571. The van der Waals surface area contributed by atoms with Crippen LogP contribution in [-0.4, -0.2) is 44.7 Å². The van der Waals surface area contributed by atoms with E-state index < -0.39 is 0 Å². The first kappa shape index (κ1) is 13.7. The van der Waals surface area contributed by atoms with E-state index in [0.717, 1.165) is 24.5 Å². The first-order chi connectivity index (χ1) is 8.61. The number of hydrogen-bond acceptors (Lipinski definition) is 3. The minimum atomic E-state index is 0.645. The number of rotatable bonds is 4. The van der Waals surface area contributed by atoms with Crippen molar-refractivity contribution in [3.8, 4) is 0 Å². The molecule has 1 atom stereocenters. The summed E-state index contributed by atoms with van der Waals surface area (Å²) in [6.07, 6.45) is 2.11. The number of anilines is 1. The molecule has 1 heterocycles. The average molecular weight is 268 g/mol. The van der Waals surface area contributed by atoms with E-state index in [4.69, 9.17) is 17.3 Å². The van der Waals surface area contributed by atoms with Crippen LogP contribution < -0.4 is 10.6 Å². The van der Waals surface area contributed by atoms with Crippen LogP contribution in [0.4, 0.5) is 5.69 Å². The van der Waals surface area contributed by atoms with Gasteiger partial charge in [-0.3, -0.25) is 0 Å². The predicted molar refractivity (Wildman–Crippen MR) is 78.5 cm³/mol. The minimum absolute atomic E-state index is 0.645. The molecule has 1 unspecified atom stereocenters. The normalized spacial score (nSPS) is 19.8. The highest BCUT2D eigenvalue weighted by Crippen LogP contribution is 2.28. The Morgan fingerprint density at radius 3 is 2.83 bits per heavy atom. The number of nitrogens with zero attached hydrogens (tertiary/aromatic N) is 2. The smallest absolute Gasteiger partial charge is 0.0410 e. The van der Waals surface area contributed by atoms with E-state index in [2.05, 4.69) is 30.0 Å². The molecule has 0 aliphatic carbocycles. The SMILES string of the molecule is CN(C)C1CCN(c2ccc(Cl)cc2CCN)C1. The summed E-state index contributed by atoms with van der Waals surface area (Å²) in [7, 11) is 4.30. The monoisotopic (exact) mass is 267 g/mol. The zero-order valence-corrected chi connectivity index (χ0v) is 12.0. The molecule has 1 saturated heterocycles. The lowest BCUT2D eigenvalue weighted by Crippen LogP contribution is -2.31. The van der Waals surface area contributed by atoms with Crippen LogP contribution in [0.25, 0.3) is 0 Å². The van der Waals surface area contributed by atoms with Crippen LogP contribution in [0.1, 0.15) is 12.0 Å². The van der Waals surface area contributed by atoms with E-state index in [1.165, 1.54) is 17.7 Å². The average Bonchev–Trinajstić information content (AvgIpc) is 2.79. The van der Waals surface area contributed by atoms with E-state index in [9.17, 15) is 0 Å². The lowest BCUT2D eigenvalue weighted by atomic mass is 10.1. The third kappa shape index (κ3) is 2.97. The lowest BCUT2D eigenvalue weighted by Gasteiger charge is -2.24. The van der Waals surface area contributed by atoms with Crippen molar-refractivity contribution < 1.29 is 0 Å². The van der Waals surface area contributed by atoms with Crippen molar-refractivity contribution in [2.45, 2.75) is 18.9 Å². The van der Waals surface area contributed by atoms with Crippen LogP contribution in [-0.2, 0) is 6.42 Å². The summed E-state index contributed by atoms with van der Waals surface area (Å²) in [6, 6.07) is 6.80. The zero-order chi connectivity index (χ0) is 13.1. The van der Waals surface area contributed by atoms with Crippen LogP contribution >= 0.6 is 11.6 Å². The number of nitrogens with two attached hydrogens (primary N) is 1. The molecule has 0 amide bonds. The maximum atomic E-state index is 6.07. The Morgan fingerprint density at radius 1 is 1.44 bits per heavy atom. The van der Waals surface area contributed by atoms with Gasteiger partial charge in [-0.2, -0.15) is 0 Å². The van der Waals surface area contributed by atoms with E-state index in [1.54, 1.807) is 0 Å². The highest BCUT2D eigenvalue weighted by Gasteiger charge is 2.25. The second-order valence-electron chi connectivity index (χ2n) is 5.16. The Bertz CT molecular complexity index is 406. The third-order valence-corrected chi connectivity index (χ3v) is 3.92. The first-order valence-corrected chi connectivity index (χ1v) is 6.89. The number of halogens is 1. The van der Waals surface area contributed by atoms with Gasteiger partial charge in [0.15, 0.2) is 0 Å². The van der Waals surface area contributed by atoms with Crippen molar-refractivity contribution in [1.82, 2.24) is 4.90 Å². The topological polar surface area (TPSA) is 32.5 Å². The maximum absolute atomic E-state index is 6.07. The number of hydrogen-bond donors (Lipinski definition) is 1. The highest BCUT2D eigenvalue weighted by atomic mass is 35.5. The minimum Gasteiger partial charge on any atom is -0.370 e. The Labute approximate surface area is 115 Å². The molecule has 18 heavy (non-hydrogen) atoms. The van der Waals surface area contributed by atoms with E-state index in [1.807, 2.05) is 12.1 Å². The molecular weight excluding hydrogens is 246 g/mol. The molecule has 1 aliphatic heterocycles. The Morgan fingerprint density at radius 2 is 2.22 bits per heavy atom. The van der Waals surface area contributed by atoms with Crippen LogP contribution in [0, 0.1) is 0 Å². The second kappa shape index (κ2) is 5.91. The van der Waals surface area contributed by atoms with Crippen molar-refractivity contribution in [3.05, 3.63) is 28.8 Å². The van der Waals surface area contributed by atoms with Crippen molar-refractivity contribution in [2.75, 3.05) is 38.6 Å². The standard InChI is InChI=1S/C14H22ClN3/c1-17(2)13-6-8-18(10-13)14-4-3-12(15)9-11(14)5-7-16/h3-4,9,13H,5-8,10,16H2,1-2H3. The molecule has 1 aromatic rings. The zero-order valence-electron chi connectivity index (χ0n) is 11.2. The van der Waals surface area contributed by atoms with Gasteiger partial charge in [-0.25, -0.2) is 0 Å². The summed E-state index contributed by atoms with van der Waals surface area (Å²) in [5.41, 5.74) is 8.25. The van der Waals surface area contributed by atoms with Crippen molar-refractivity contribution >= 4 is 17.3 Å². The van der Waals surface area contributed by atoms with Crippen molar-refractivity contribution in [3.63, 3.8) is 0 Å². The van der Waals surface area contributed by atoms with Gasteiger partial charge in [0.1, 0.15) is 0 Å². The first-order valence-electron chi connectivity index (χ1n) is 6.51. The van der Waals surface area contributed by atoms with E-state index >= 15 is 0 Å². The van der Waals surface area contributed by atoms with Gasteiger partial charge in [0.2, 0.25) is 0 Å². The van der Waals surface area contributed by atoms with Crippen molar-refractivity contribution in [1.29, 1.82) is 0 Å². The molecule has 2 N–H and O–H groups in total. The van der Waals surface area contributed by atoms with Crippen LogP contribution in [0.5, 0.6) is 0 Å². The largest absolute Gasteiger partial charge is 0.370 e. The van der Waals surface area contributed by atoms with E-state index in [0.29, 0.717) is 12.6 Å². The summed E-state index contributed by atoms with van der Waals surface area (Å²) in [4.78, 5) is 4.75. The van der Waals surface area contributed by atoms with Crippen LogP contribution in [0.2, 0.25) is 5.02 Å². The molecule has 0 aromatic heterocycles. The summed E-state index contributed by atoms with van der Waals surface area (Å²) < 4.78 is 0. The predicted octanol–water partition coefficient (Wildman–Crippen LogP) is 1.98. The summed E-state index contributed by atoms with van der Waals surface area (Å²) in [6.45, 7) is 2.87. The van der Waals surface area contributed by atoms with E-state index in [-0.39, 0.29) is 0 Å². The number of likely N-dealkylation sites (N-methyl/N-ethyl adjacent to an activating group) is 1. The quantitative estimate of drug-likeness (QED) is 0.906. The molecule has 3 nitrogen and oxygen atoms in total. The molecule has 1 aromatic carbocycles. The molecule has 0 radical (unpaired) electrons. The maximum Gasteiger partial charge on any atom is 0.0410 e. The Balaban J connectivity index is 2.18. The van der Waals surface area contributed by atoms with Gasteiger partial charge < -0.3 is 15.5 Å². The highest BCUT2D eigenvalue weighted by molar-refractivity contribution is 6.30. The van der Waals surface area contributed by atoms with Gasteiger partial charge in [-0.05, 0) is 57.2 Å². The molecule has 4 heteroatoms. The van der Waals surface area contributed by atoms with Gasteiger partial charge in [0.25, 0.3) is 0 Å². The summed E-state index contributed by atoms with van der Waals surface area (Å²) in [5, 5.41) is 0.797. The molecule has 1 aliphatic rings. The lowest BCUT2D eigenvalue weighted by molar-refractivity contribution is 0.315. The molecule has 1 fully saturated rings. The van der Waals surface area contributed by atoms with Gasteiger partial charge in [0, 0.05) is 29.8 Å². The Hall–Kier alpha value is -0.770. The molecule has 0 saturated carbocycles. The third-order valence-electron chi connectivity index (χ3n) is 3.69. The van der Waals surface area contributed by atoms with Crippen LogP contribution in [0.3, 0.4) is 0 Å². The number of benzene rings is 1. The van der Waals surface area contributed by atoms with Crippen molar-refractivity contribution in [2.24, 2.45) is 5.73 Å². The molecule has 0 bridgehead atoms. The fourth-order valence-corrected chi connectivity index (χ4v) is 2.80. The van der Waals surface area contributed by atoms with Gasteiger partial charge in [-0.15, -0.1) is 0 Å². The summed E-state index contributed by atoms with van der Waals surface area (Å²) >= 11 is 6.07. The fourth-order valence-electron chi connectivity index (χ4n) is 2.60. The molecule has 2 rings (SSSR count). The van der Waals surface area contributed by atoms with Gasteiger partial charge in [0.05, 0.1) is 0 Å². The molecular formula is C14H22ClN3. The summed E-state index contributed by atoms with van der Waals surface area (Å²) in [5.74, 6) is 0. The second-order valence-corrected chi connectivity index (χ2v) is 5.60. The van der Waals surface area contributed by atoms with Crippen LogP contribution in [0.15, 0.2) is 18.2 Å². The molecule has 0 spiro atoms.